The summed E-state index contributed by atoms with van der Waals surface area (Å²) in [6.07, 6.45) is 8.11. The molecule has 0 aromatic carbocycles. The Labute approximate surface area is 212 Å². The number of nitrogens with one attached hydrogen (secondary N) is 1. The number of carbonyl (C=O) groups excluding carboxylic acids is 1. The number of nitrogens with zero attached hydrogens (tertiary/aromatic N) is 7. The van der Waals surface area contributed by atoms with Crippen molar-refractivity contribution in [1.82, 2.24) is 25.3 Å². The molecule has 190 valence electrons. The highest BCUT2D eigenvalue weighted by atomic mass is 16.5. The lowest BCUT2D eigenvalue weighted by molar-refractivity contribution is -0.133. The summed E-state index contributed by atoms with van der Waals surface area (Å²) in [5, 5.41) is 23.1. The highest BCUT2D eigenvalue weighted by molar-refractivity contribution is 5.85. The van der Waals surface area contributed by atoms with Gasteiger partial charge in [0.05, 0.1) is 37.0 Å². The highest BCUT2D eigenvalue weighted by Crippen LogP contribution is 2.39. The minimum Gasteiger partial charge on any atom is -0.365 e. The molecule has 4 rings (SSSR count). The van der Waals surface area contributed by atoms with E-state index in [1.54, 1.807) is 0 Å². The topological polar surface area (TPSA) is 100 Å². The molecule has 0 unspecified atom stereocenters. The molecule has 0 saturated carbocycles. The fraction of sp³-hybridized carbons (Fsp3) is 0.462. The molecule has 0 bridgehead atoms. The molecule has 0 radical (unpaired) electrons. The fourth-order valence-electron chi connectivity index (χ4n) is 4.41. The summed E-state index contributed by atoms with van der Waals surface area (Å²) in [5.41, 5.74) is 4.61. The molecule has 3 aliphatic heterocycles. The van der Waals surface area contributed by atoms with E-state index in [1.807, 2.05) is 60.6 Å². The number of morpholine rings is 1. The van der Waals surface area contributed by atoms with Gasteiger partial charge in [0.2, 0.25) is 0 Å². The molecule has 10 nitrogen and oxygen atoms in total. The maximum absolute atomic E-state index is 12.2. The molecule has 0 spiro atoms. The molecule has 10 heteroatoms. The minimum atomic E-state index is -0.506. The van der Waals surface area contributed by atoms with Gasteiger partial charge in [-0.05, 0) is 37.6 Å². The number of carbonyl (C=O) groups is 1. The first-order valence-corrected chi connectivity index (χ1v) is 12.4. The summed E-state index contributed by atoms with van der Waals surface area (Å²) in [7, 11) is 3.92. The van der Waals surface area contributed by atoms with Gasteiger partial charge in [0.1, 0.15) is 5.82 Å². The molecular weight excluding hydrogens is 456 g/mol. The van der Waals surface area contributed by atoms with Crippen LogP contribution in [0.15, 0.2) is 52.6 Å². The Balaban J connectivity index is 1.59. The number of aromatic nitrogens is 1. The first-order chi connectivity index (χ1) is 17.4. The van der Waals surface area contributed by atoms with Crippen LogP contribution in [-0.4, -0.2) is 91.7 Å². The largest absolute Gasteiger partial charge is 0.365 e. The van der Waals surface area contributed by atoms with Crippen molar-refractivity contribution in [2.24, 2.45) is 5.10 Å². The number of amides is 1. The summed E-state index contributed by atoms with van der Waals surface area (Å²) in [6.45, 7) is 7.53. The molecule has 3 aliphatic rings. The number of hydrogen-bond donors (Lipinski definition) is 1. The quantitative estimate of drug-likeness (QED) is 0.436. The van der Waals surface area contributed by atoms with Gasteiger partial charge >= 0.3 is 0 Å². The third-order valence-electron chi connectivity index (χ3n) is 6.43. The number of hydrazone groups is 1. The molecule has 4 heterocycles. The van der Waals surface area contributed by atoms with Crippen LogP contribution in [0.25, 0.3) is 5.57 Å². The molecule has 1 atom stereocenters. The van der Waals surface area contributed by atoms with Gasteiger partial charge in [-0.15, -0.1) is 0 Å². The zero-order valence-electron chi connectivity index (χ0n) is 21.4. The third-order valence-corrected chi connectivity index (χ3v) is 6.43. The van der Waals surface area contributed by atoms with E-state index in [0.29, 0.717) is 39.2 Å². The van der Waals surface area contributed by atoms with Crippen molar-refractivity contribution in [3.05, 3.63) is 53.0 Å². The van der Waals surface area contributed by atoms with Crippen molar-refractivity contribution < 1.29 is 9.53 Å². The van der Waals surface area contributed by atoms with Crippen LogP contribution in [0.1, 0.15) is 25.8 Å². The number of ether oxygens (including phenoxy) is 1. The molecule has 1 saturated heterocycles. The molecule has 36 heavy (non-hydrogen) atoms. The normalized spacial score (nSPS) is 20.2. The van der Waals surface area contributed by atoms with Crippen molar-refractivity contribution in [3.63, 3.8) is 0 Å². The van der Waals surface area contributed by atoms with Gasteiger partial charge < -0.3 is 20.0 Å². The van der Waals surface area contributed by atoms with Gasteiger partial charge in [-0.1, -0.05) is 0 Å². The molecule has 1 aromatic heterocycles. The molecule has 1 aromatic rings. The lowest BCUT2D eigenvalue weighted by Crippen LogP contribution is -2.50. The number of pyridine rings is 1. The molecular formula is C26H34N8O2. The first kappa shape index (κ1) is 25.4. The maximum atomic E-state index is 12.2. The minimum absolute atomic E-state index is 0.0967. The molecule has 1 N–H and O–H groups in total. The third kappa shape index (κ3) is 5.42. The van der Waals surface area contributed by atoms with Crippen LogP contribution in [0.3, 0.4) is 0 Å². The van der Waals surface area contributed by atoms with E-state index in [4.69, 9.17) is 9.72 Å². The number of hydrogen-bond acceptors (Lipinski definition) is 9. The van der Waals surface area contributed by atoms with E-state index in [2.05, 4.69) is 40.6 Å². The van der Waals surface area contributed by atoms with E-state index >= 15 is 0 Å². The van der Waals surface area contributed by atoms with Gasteiger partial charge in [-0.25, -0.2) is 9.99 Å². The maximum Gasteiger partial charge on any atom is 0.250 e. The second-order valence-corrected chi connectivity index (χ2v) is 8.94. The lowest BCUT2D eigenvalue weighted by Gasteiger charge is -2.33. The second kappa shape index (κ2) is 11.4. The first-order valence-electron chi connectivity index (χ1n) is 12.4. The average molecular weight is 491 g/mol. The standard InChI is InChI=1S/C26H34N8O2/c1-5-28-26(35)23-18-33(11-12-36-23)24-8-7-20(15-29-24)22-13-19(9-10-30-31(3)6-2)16-34-25(22)21(14-27)17-32(34)4/h7-8,10,13,15-16,23H,5-6,9,11-12,17-18H2,1-4H3,(H,28,35)/b30-10-/t23-/m0/s1. The zero-order chi connectivity index (χ0) is 25.7. The van der Waals surface area contributed by atoms with Crippen molar-refractivity contribution in [3.8, 4) is 6.07 Å². The van der Waals surface area contributed by atoms with E-state index in [-0.39, 0.29) is 5.91 Å². The summed E-state index contributed by atoms with van der Waals surface area (Å²) in [4.78, 5) is 19.0. The summed E-state index contributed by atoms with van der Waals surface area (Å²) >= 11 is 0. The van der Waals surface area contributed by atoms with Crippen LogP contribution in [0.5, 0.6) is 0 Å². The second-order valence-electron chi connectivity index (χ2n) is 8.94. The van der Waals surface area contributed by atoms with Crippen LogP contribution >= 0.6 is 0 Å². The number of rotatable bonds is 8. The van der Waals surface area contributed by atoms with E-state index in [9.17, 15) is 10.1 Å². The average Bonchev–Trinajstić information content (AvgIpc) is 3.24. The van der Waals surface area contributed by atoms with E-state index in [0.717, 1.165) is 40.3 Å². The fourth-order valence-corrected chi connectivity index (χ4v) is 4.41. The van der Waals surface area contributed by atoms with Gasteiger partial charge in [0.25, 0.3) is 5.91 Å². The van der Waals surface area contributed by atoms with E-state index in [1.165, 1.54) is 0 Å². The predicted octanol–water partition coefficient (Wildman–Crippen LogP) is 1.97. The molecule has 0 aliphatic carbocycles. The molecule has 1 fully saturated rings. The number of hydrazine groups is 1. The van der Waals surface area contributed by atoms with Gasteiger partial charge in [0.15, 0.2) is 6.10 Å². The summed E-state index contributed by atoms with van der Waals surface area (Å²) < 4.78 is 5.65. The number of nitriles is 1. The van der Waals surface area contributed by atoms with Crippen molar-refractivity contribution >= 4 is 23.5 Å². The number of anilines is 1. The number of fused-ring (bicyclic) bond motifs is 1. The monoisotopic (exact) mass is 490 g/mol. The van der Waals surface area contributed by atoms with Gasteiger partial charge in [-0.3, -0.25) is 9.80 Å². The summed E-state index contributed by atoms with van der Waals surface area (Å²) in [5.74, 6) is 0.703. The Hall–Kier alpha value is -3.68. The zero-order valence-corrected chi connectivity index (χ0v) is 21.4. The van der Waals surface area contributed by atoms with Crippen molar-refractivity contribution in [1.29, 1.82) is 5.26 Å². The van der Waals surface area contributed by atoms with Crippen LogP contribution in [0, 0.1) is 11.3 Å². The Morgan fingerprint density at radius 3 is 2.94 bits per heavy atom. The number of allylic oxidation sites excluding steroid dienone is 3. The Morgan fingerprint density at radius 2 is 2.25 bits per heavy atom. The van der Waals surface area contributed by atoms with Crippen molar-refractivity contribution in [2.45, 2.75) is 26.4 Å². The van der Waals surface area contributed by atoms with Crippen LogP contribution in [-0.2, 0) is 9.53 Å². The summed E-state index contributed by atoms with van der Waals surface area (Å²) in [6, 6.07) is 6.38. The molecule has 1 amide bonds. The smallest absolute Gasteiger partial charge is 0.250 e. The number of likely N-dealkylation sites (N-methyl/N-ethyl adjacent to an activating group) is 2. The van der Waals surface area contributed by atoms with Gasteiger partial charge in [-0.2, -0.15) is 10.4 Å². The van der Waals surface area contributed by atoms with Crippen molar-refractivity contribution in [2.75, 3.05) is 58.3 Å². The Kier molecular flexibility index (Phi) is 8.03. The Bertz CT molecular complexity index is 1130. The SMILES string of the molecule is CCNC(=O)[C@@H]1CN(c2ccc(C3=CC(C/C=N\N(C)CC)=CN4C3=C(C#N)CN4C)cn2)CCO1. The Morgan fingerprint density at radius 1 is 1.42 bits per heavy atom. The van der Waals surface area contributed by atoms with Crippen LogP contribution < -0.4 is 10.2 Å². The predicted molar refractivity (Wildman–Crippen MR) is 139 cm³/mol. The van der Waals surface area contributed by atoms with Crippen LogP contribution in [0.2, 0.25) is 0 Å². The van der Waals surface area contributed by atoms with Crippen LogP contribution in [0.4, 0.5) is 5.82 Å². The van der Waals surface area contributed by atoms with Gasteiger partial charge in [0, 0.05) is 69.9 Å². The van der Waals surface area contributed by atoms with E-state index < -0.39 is 6.10 Å². The highest BCUT2D eigenvalue weighted by Gasteiger charge is 2.32. The lowest BCUT2D eigenvalue weighted by atomic mass is 9.95.